The SMILES string of the molecule is OC1CCC(Nc2cc(-c3cnc(Cl)c(NCC4CCOCC4)c3)c(Cl)cn2)CC1. The molecule has 8 heteroatoms. The Morgan fingerprint density at radius 1 is 1.00 bits per heavy atom. The van der Waals surface area contributed by atoms with Gasteiger partial charge in [-0.3, -0.25) is 0 Å². The molecule has 0 unspecified atom stereocenters. The van der Waals surface area contributed by atoms with E-state index in [1.165, 1.54) is 0 Å². The van der Waals surface area contributed by atoms with E-state index in [1.54, 1.807) is 12.4 Å². The van der Waals surface area contributed by atoms with Crippen molar-refractivity contribution in [2.24, 2.45) is 5.92 Å². The van der Waals surface area contributed by atoms with Gasteiger partial charge in [0.25, 0.3) is 0 Å². The van der Waals surface area contributed by atoms with Crippen LogP contribution in [0.15, 0.2) is 24.5 Å². The van der Waals surface area contributed by atoms with E-state index in [0.29, 0.717) is 22.1 Å². The normalized spacial score (nSPS) is 22.6. The van der Waals surface area contributed by atoms with Gasteiger partial charge >= 0.3 is 0 Å². The highest BCUT2D eigenvalue weighted by atomic mass is 35.5. The topological polar surface area (TPSA) is 79.3 Å². The van der Waals surface area contributed by atoms with Gasteiger partial charge in [-0.05, 0) is 56.6 Å². The number of nitrogens with one attached hydrogen (secondary N) is 2. The van der Waals surface area contributed by atoms with Crippen molar-refractivity contribution in [3.8, 4) is 11.1 Å². The molecule has 0 spiro atoms. The summed E-state index contributed by atoms with van der Waals surface area (Å²) in [4.78, 5) is 8.80. The van der Waals surface area contributed by atoms with E-state index >= 15 is 0 Å². The molecule has 3 heterocycles. The van der Waals surface area contributed by atoms with Crippen LogP contribution in [0, 0.1) is 5.92 Å². The Balaban J connectivity index is 1.48. The zero-order chi connectivity index (χ0) is 20.9. The molecule has 1 saturated heterocycles. The van der Waals surface area contributed by atoms with Gasteiger partial charge in [-0.2, -0.15) is 0 Å². The molecule has 1 saturated carbocycles. The Labute approximate surface area is 187 Å². The summed E-state index contributed by atoms with van der Waals surface area (Å²) in [5, 5.41) is 17.7. The first-order valence-electron chi connectivity index (χ1n) is 10.7. The highest BCUT2D eigenvalue weighted by Gasteiger charge is 2.20. The molecule has 0 aromatic carbocycles. The second-order valence-electron chi connectivity index (χ2n) is 8.20. The lowest BCUT2D eigenvalue weighted by molar-refractivity contribution is 0.0699. The summed E-state index contributed by atoms with van der Waals surface area (Å²) in [6, 6.07) is 4.27. The molecule has 2 aromatic rings. The molecular weight excluding hydrogens is 423 g/mol. The van der Waals surface area contributed by atoms with Crippen molar-refractivity contribution in [1.29, 1.82) is 0 Å². The number of rotatable bonds is 6. The maximum Gasteiger partial charge on any atom is 0.152 e. The number of nitrogens with zero attached hydrogens (tertiary/aromatic N) is 2. The van der Waals surface area contributed by atoms with Gasteiger partial charge in [0.1, 0.15) is 5.82 Å². The molecule has 0 radical (unpaired) electrons. The van der Waals surface area contributed by atoms with Crippen molar-refractivity contribution in [2.75, 3.05) is 30.4 Å². The van der Waals surface area contributed by atoms with Crippen molar-refractivity contribution in [3.05, 3.63) is 34.7 Å². The third-order valence-electron chi connectivity index (χ3n) is 5.98. The van der Waals surface area contributed by atoms with Gasteiger partial charge in [-0.25, -0.2) is 9.97 Å². The minimum atomic E-state index is -0.177. The van der Waals surface area contributed by atoms with Crippen molar-refractivity contribution in [3.63, 3.8) is 0 Å². The van der Waals surface area contributed by atoms with E-state index in [4.69, 9.17) is 27.9 Å². The lowest BCUT2D eigenvalue weighted by Crippen LogP contribution is -2.28. The number of aliphatic hydroxyl groups excluding tert-OH is 1. The summed E-state index contributed by atoms with van der Waals surface area (Å²) in [6.45, 7) is 2.49. The molecule has 3 N–H and O–H groups in total. The number of halogens is 2. The fraction of sp³-hybridized carbons (Fsp3) is 0.545. The van der Waals surface area contributed by atoms with E-state index in [2.05, 4.69) is 20.6 Å². The average Bonchev–Trinajstić information content (AvgIpc) is 2.77. The highest BCUT2D eigenvalue weighted by molar-refractivity contribution is 6.33. The molecule has 2 fully saturated rings. The van der Waals surface area contributed by atoms with Crippen LogP contribution in [0.3, 0.4) is 0 Å². The van der Waals surface area contributed by atoms with Gasteiger partial charge in [0.2, 0.25) is 0 Å². The van der Waals surface area contributed by atoms with E-state index in [-0.39, 0.29) is 6.10 Å². The smallest absolute Gasteiger partial charge is 0.152 e. The van der Waals surface area contributed by atoms with Crippen LogP contribution in [0.2, 0.25) is 10.2 Å². The first kappa shape index (κ1) is 21.6. The molecule has 6 nitrogen and oxygen atoms in total. The number of pyridine rings is 2. The first-order valence-corrected chi connectivity index (χ1v) is 11.4. The van der Waals surface area contributed by atoms with Gasteiger partial charge < -0.3 is 20.5 Å². The van der Waals surface area contributed by atoms with Crippen LogP contribution in [-0.4, -0.2) is 47.0 Å². The van der Waals surface area contributed by atoms with Gasteiger partial charge in [-0.15, -0.1) is 0 Å². The van der Waals surface area contributed by atoms with E-state index < -0.39 is 0 Å². The zero-order valence-corrected chi connectivity index (χ0v) is 18.4. The van der Waals surface area contributed by atoms with Gasteiger partial charge in [-0.1, -0.05) is 23.2 Å². The van der Waals surface area contributed by atoms with Crippen LogP contribution in [0.25, 0.3) is 11.1 Å². The second-order valence-corrected chi connectivity index (χ2v) is 8.96. The molecule has 1 aliphatic heterocycles. The number of anilines is 2. The van der Waals surface area contributed by atoms with E-state index in [0.717, 1.165) is 80.9 Å². The van der Waals surface area contributed by atoms with Crippen LogP contribution >= 0.6 is 23.2 Å². The Kier molecular flexibility index (Phi) is 7.31. The van der Waals surface area contributed by atoms with Crippen molar-refractivity contribution in [1.82, 2.24) is 9.97 Å². The molecule has 0 atom stereocenters. The summed E-state index contributed by atoms with van der Waals surface area (Å²) in [6.07, 6.45) is 8.85. The fourth-order valence-corrected chi connectivity index (χ4v) is 4.47. The Hall–Kier alpha value is -1.60. The van der Waals surface area contributed by atoms with Crippen LogP contribution in [0.5, 0.6) is 0 Å². The van der Waals surface area contributed by atoms with Gasteiger partial charge in [0, 0.05) is 49.3 Å². The van der Waals surface area contributed by atoms with E-state index in [9.17, 15) is 5.11 Å². The summed E-state index contributed by atoms with van der Waals surface area (Å²) < 4.78 is 5.43. The molecule has 4 rings (SSSR count). The fourth-order valence-electron chi connectivity index (χ4n) is 4.09. The minimum Gasteiger partial charge on any atom is -0.393 e. The predicted molar refractivity (Wildman–Crippen MR) is 121 cm³/mol. The standard InChI is InChI=1S/C22H28Cl2N4O2/c23-19-13-26-21(28-16-1-3-17(29)4-2-16)10-18(19)15-9-20(22(24)27-12-15)25-11-14-5-7-30-8-6-14/h9-10,12-14,16-17,25,29H,1-8,11H2,(H,26,28). The molecule has 2 aromatic heterocycles. The summed E-state index contributed by atoms with van der Waals surface area (Å²) in [7, 11) is 0. The highest BCUT2D eigenvalue weighted by Crippen LogP contribution is 2.33. The maximum atomic E-state index is 9.71. The molecule has 2 aliphatic rings. The predicted octanol–water partition coefficient (Wildman–Crippen LogP) is 5.00. The van der Waals surface area contributed by atoms with Crippen LogP contribution in [0.4, 0.5) is 11.5 Å². The largest absolute Gasteiger partial charge is 0.393 e. The Morgan fingerprint density at radius 2 is 1.77 bits per heavy atom. The molecular formula is C22H28Cl2N4O2. The number of hydrogen-bond donors (Lipinski definition) is 3. The molecule has 162 valence electrons. The third-order valence-corrected chi connectivity index (χ3v) is 6.58. The van der Waals surface area contributed by atoms with Crippen LogP contribution in [0.1, 0.15) is 38.5 Å². The third kappa shape index (κ3) is 5.55. The first-order chi connectivity index (χ1) is 14.6. The lowest BCUT2D eigenvalue weighted by Gasteiger charge is -2.26. The Morgan fingerprint density at radius 3 is 2.53 bits per heavy atom. The van der Waals surface area contributed by atoms with Crippen molar-refractivity contribution >= 4 is 34.7 Å². The summed E-state index contributed by atoms with van der Waals surface area (Å²) >= 11 is 12.8. The number of hydrogen-bond acceptors (Lipinski definition) is 6. The van der Waals surface area contributed by atoms with Crippen LogP contribution in [-0.2, 0) is 4.74 Å². The van der Waals surface area contributed by atoms with Crippen molar-refractivity contribution in [2.45, 2.75) is 50.7 Å². The molecule has 30 heavy (non-hydrogen) atoms. The molecule has 0 bridgehead atoms. The lowest BCUT2D eigenvalue weighted by atomic mass is 9.93. The number of aromatic nitrogens is 2. The number of aliphatic hydroxyl groups is 1. The van der Waals surface area contributed by atoms with Crippen molar-refractivity contribution < 1.29 is 9.84 Å². The van der Waals surface area contributed by atoms with E-state index in [1.807, 2.05) is 12.1 Å². The van der Waals surface area contributed by atoms with Crippen LogP contribution < -0.4 is 10.6 Å². The maximum absolute atomic E-state index is 9.71. The monoisotopic (exact) mass is 450 g/mol. The minimum absolute atomic E-state index is 0.177. The van der Waals surface area contributed by atoms with Gasteiger partial charge in [0.15, 0.2) is 5.15 Å². The second kappa shape index (κ2) is 10.1. The summed E-state index contributed by atoms with van der Waals surface area (Å²) in [5.41, 5.74) is 2.57. The van der Waals surface area contributed by atoms with Gasteiger partial charge in [0.05, 0.1) is 16.8 Å². The average molecular weight is 451 g/mol. The molecule has 0 amide bonds. The quantitative estimate of drug-likeness (QED) is 0.537. The zero-order valence-electron chi connectivity index (χ0n) is 16.9. The summed E-state index contributed by atoms with van der Waals surface area (Å²) in [5.74, 6) is 1.36. The Bertz CT molecular complexity index is 853. The molecule has 1 aliphatic carbocycles. The number of ether oxygens (including phenoxy) is 1.